The van der Waals surface area contributed by atoms with Gasteiger partial charge in [0.25, 0.3) is 0 Å². The van der Waals surface area contributed by atoms with Crippen molar-refractivity contribution in [3.05, 3.63) is 12.2 Å². The summed E-state index contributed by atoms with van der Waals surface area (Å²) in [5.41, 5.74) is 0.524. The summed E-state index contributed by atoms with van der Waals surface area (Å²) in [6, 6.07) is 0. The molecule has 100 valence electrons. The molecule has 0 aromatic rings. The maximum atomic E-state index is 6.47. The maximum absolute atomic E-state index is 6.47. The molecule has 0 aromatic heterocycles. The minimum atomic E-state index is -1.42. The zero-order valence-corrected chi connectivity index (χ0v) is 12.9. The van der Waals surface area contributed by atoms with Crippen LogP contribution in [0.1, 0.15) is 19.3 Å². The molecule has 0 unspecified atom stereocenters. The normalized spacial score (nSPS) is 55.8. The Morgan fingerprint density at radius 3 is 2.67 bits per heavy atom. The highest BCUT2D eigenvalue weighted by atomic mass is 28.4. The van der Waals surface area contributed by atoms with Gasteiger partial charge < -0.3 is 9.16 Å². The monoisotopic (exact) mass is 264 g/mol. The first-order valence-electron chi connectivity index (χ1n) is 7.37. The Morgan fingerprint density at radius 1 is 1.22 bits per heavy atom. The third-order valence-corrected chi connectivity index (χ3v) is 7.01. The molecule has 0 aromatic carbocycles. The molecule has 0 saturated heterocycles. The third-order valence-electron chi connectivity index (χ3n) is 6.00. The first-order valence-corrected chi connectivity index (χ1v) is 10.8. The van der Waals surface area contributed by atoms with Gasteiger partial charge in [-0.15, -0.1) is 0 Å². The largest absolute Gasteiger partial charge is 0.414 e. The number of fused-ring (bicyclic) bond motifs is 1. The van der Waals surface area contributed by atoms with Crippen LogP contribution in [0.4, 0.5) is 0 Å². The van der Waals surface area contributed by atoms with Gasteiger partial charge in [-0.2, -0.15) is 0 Å². The van der Waals surface area contributed by atoms with Crippen LogP contribution in [0, 0.1) is 23.2 Å². The lowest BCUT2D eigenvalue weighted by atomic mass is 9.76. The highest BCUT2D eigenvalue weighted by Crippen LogP contribution is 2.81. The molecule has 6 atom stereocenters. The molecule has 3 saturated carbocycles. The lowest BCUT2D eigenvalue weighted by molar-refractivity contribution is -0.0212. The van der Waals surface area contributed by atoms with E-state index >= 15 is 0 Å². The quantitative estimate of drug-likeness (QED) is 0.575. The second-order valence-electron chi connectivity index (χ2n) is 7.68. The van der Waals surface area contributed by atoms with Gasteiger partial charge >= 0.3 is 0 Å². The fourth-order valence-electron chi connectivity index (χ4n) is 5.62. The molecule has 0 N–H and O–H groups in total. The molecule has 0 aliphatic heterocycles. The van der Waals surface area contributed by atoms with E-state index in [9.17, 15) is 0 Å². The molecule has 3 fully saturated rings. The first kappa shape index (κ1) is 11.7. The summed E-state index contributed by atoms with van der Waals surface area (Å²) in [6.45, 7) is 6.94. The van der Waals surface area contributed by atoms with E-state index in [1.165, 1.54) is 19.3 Å². The van der Waals surface area contributed by atoms with Gasteiger partial charge in [0.05, 0.1) is 5.60 Å². The van der Waals surface area contributed by atoms with Gasteiger partial charge in [0.1, 0.15) is 0 Å². The molecular formula is C15H24O2Si. The van der Waals surface area contributed by atoms with E-state index < -0.39 is 8.32 Å². The van der Waals surface area contributed by atoms with Crippen molar-refractivity contribution in [2.75, 3.05) is 7.11 Å². The van der Waals surface area contributed by atoms with Crippen LogP contribution in [0.5, 0.6) is 0 Å². The fourth-order valence-corrected chi connectivity index (χ4v) is 6.81. The van der Waals surface area contributed by atoms with Gasteiger partial charge in [0.2, 0.25) is 0 Å². The van der Waals surface area contributed by atoms with Crippen molar-refractivity contribution in [1.82, 2.24) is 0 Å². The second-order valence-corrected chi connectivity index (χ2v) is 12.1. The average Bonchev–Trinajstić information content (AvgIpc) is 2.51. The summed E-state index contributed by atoms with van der Waals surface area (Å²) in [5.74, 6) is 2.25. The summed E-state index contributed by atoms with van der Waals surface area (Å²) in [7, 11) is 0.507. The summed E-state index contributed by atoms with van der Waals surface area (Å²) in [6.07, 6.45) is 9.31. The third kappa shape index (κ3) is 1.09. The predicted molar refractivity (Wildman–Crippen MR) is 73.9 cm³/mol. The SMILES string of the molecule is CO[C@]12[C@@H]3C=C[C@]14CC[C@@H](O[Si](C)(C)C)[C@@H]4C[C@@H]32. The zero-order chi connectivity index (χ0) is 12.8. The van der Waals surface area contributed by atoms with E-state index in [4.69, 9.17) is 9.16 Å². The van der Waals surface area contributed by atoms with Crippen molar-refractivity contribution in [1.29, 1.82) is 0 Å². The minimum absolute atomic E-state index is 0.190. The van der Waals surface area contributed by atoms with E-state index in [0.29, 0.717) is 11.5 Å². The van der Waals surface area contributed by atoms with E-state index in [1.807, 2.05) is 7.11 Å². The molecule has 0 bridgehead atoms. The van der Waals surface area contributed by atoms with Gasteiger partial charge in [-0.05, 0) is 50.7 Å². The molecular weight excluding hydrogens is 240 g/mol. The number of hydrogen-bond donors (Lipinski definition) is 0. The van der Waals surface area contributed by atoms with Crippen LogP contribution in [0.2, 0.25) is 19.6 Å². The predicted octanol–water partition coefficient (Wildman–Crippen LogP) is 3.21. The highest BCUT2D eigenvalue weighted by molar-refractivity contribution is 6.69. The Labute approximate surface area is 111 Å². The van der Waals surface area contributed by atoms with Crippen molar-refractivity contribution in [2.24, 2.45) is 23.2 Å². The van der Waals surface area contributed by atoms with Crippen LogP contribution in [-0.4, -0.2) is 27.1 Å². The number of ether oxygens (including phenoxy) is 1. The Balaban J connectivity index is 1.65. The minimum Gasteiger partial charge on any atom is -0.414 e. The summed E-state index contributed by atoms with van der Waals surface area (Å²) < 4.78 is 12.5. The number of rotatable bonds is 3. The van der Waals surface area contributed by atoms with Crippen LogP contribution < -0.4 is 0 Å². The van der Waals surface area contributed by atoms with E-state index in [0.717, 1.165) is 17.8 Å². The lowest BCUT2D eigenvalue weighted by Gasteiger charge is -2.36. The first-order chi connectivity index (χ1) is 8.45. The second kappa shape index (κ2) is 3.13. The molecule has 4 aliphatic rings. The van der Waals surface area contributed by atoms with E-state index in [-0.39, 0.29) is 5.60 Å². The number of hydrogen-bond acceptors (Lipinski definition) is 2. The van der Waals surface area contributed by atoms with Crippen molar-refractivity contribution in [2.45, 2.75) is 50.6 Å². The van der Waals surface area contributed by atoms with Crippen molar-refractivity contribution in [3.8, 4) is 0 Å². The van der Waals surface area contributed by atoms with Crippen LogP contribution in [0.3, 0.4) is 0 Å². The van der Waals surface area contributed by atoms with Crippen LogP contribution >= 0.6 is 0 Å². The van der Waals surface area contributed by atoms with Crippen LogP contribution in [0.25, 0.3) is 0 Å². The lowest BCUT2D eigenvalue weighted by Crippen LogP contribution is -2.40. The zero-order valence-electron chi connectivity index (χ0n) is 11.9. The standard InChI is InChI=1S/C15H24O2Si/c1-16-15-10-5-7-14(15)8-6-13(17-18(2,3)4)12(14)9-11(10)15/h5,7,10-13H,6,8-9H2,1-4H3/t10-,11+,12+,13-,14-,15+/m1/s1. The Morgan fingerprint density at radius 2 is 2.00 bits per heavy atom. The Hall–Kier alpha value is -0.123. The topological polar surface area (TPSA) is 18.5 Å². The van der Waals surface area contributed by atoms with E-state index in [2.05, 4.69) is 31.8 Å². The van der Waals surface area contributed by atoms with Crippen LogP contribution in [0.15, 0.2) is 12.2 Å². The van der Waals surface area contributed by atoms with Crippen molar-refractivity contribution in [3.63, 3.8) is 0 Å². The molecule has 4 aliphatic carbocycles. The molecule has 18 heavy (non-hydrogen) atoms. The molecule has 0 heterocycles. The van der Waals surface area contributed by atoms with Crippen molar-refractivity contribution >= 4 is 8.32 Å². The fraction of sp³-hybridized carbons (Fsp3) is 0.867. The molecule has 2 nitrogen and oxygen atoms in total. The molecule has 0 radical (unpaired) electrons. The Kier molecular flexibility index (Phi) is 2.03. The van der Waals surface area contributed by atoms with Gasteiger partial charge in [-0.1, -0.05) is 12.2 Å². The summed E-state index contributed by atoms with van der Waals surface area (Å²) >= 11 is 0. The van der Waals surface area contributed by atoms with Gasteiger partial charge in [0.15, 0.2) is 8.32 Å². The average molecular weight is 264 g/mol. The number of methoxy groups -OCH3 is 1. The van der Waals surface area contributed by atoms with Crippen molar-refractivity contribution < 1.29 is 9.16 Å². The molecule has 4 rings (SSSR count). The van der Waals surface area contributed by atoms with Gasteiger partial charge in [-0.3, -0.25) is 0 Å². The smallest absolute Gasteiger partial charge is 0.184 e. The molecule has 0 amide bonds. The summed E-state index contributed by atoms with van der Waals surface area (Å²) in [5, 5.41) is 0. The van der Waals surface area contributed by atoms with E-state index in [1.54, 1.807) is 0 Å². The molecule has 1 spiro atoms. The maximum Gasteiger partial charge on any atom is 0.184 e. The van der Waals surface area contributed by atoms with Gasteiger partial charge in [-0.25, -0.2) is 0 Å². The van der Waals surface area contributed by atoms with Gasteiger partial charge in [0, 0.05) is 24.5 Å². The summed E-state index contributed by atoms with van der Waals surface area (Å²) in [4.78, 5) is 0. The van der Waals surface area contributed by atoms with Crippen LogP contribution in [-0.2, 0) is 9.16 Å². The molecule has 3 heteroatoms. The Bertz CT molecular complexity index is 427. The highest BCUT2D eigenvalue weighted by Gasteiger charge is 2.84.